The molecular formula is C48H69N7O12S. The van der Waals surface area contributed by atoms with E-state index in [0.29, 0.717) is 23.4 Å². The summed E-state index contributed by atoms with van der Waals surface area (Å²) in [4.78, 5) is 110. The van der Waals surface area contributed by atoms with E-state index in [0.717, 1.165) is 30.7 Å². The molecule has 3 rings (SSSR count). The first-order valence-electron chi connectivity index (χ1n) is 23.2. The number of aromatic nitrogens is 1. The van der Waals surface area contributed by atoms with Crippen LogP contribution in [0.25, 0.3) is 0 Å². The number of nitrogens with zero attached hydrogens (tertiary/aromatic N) is 3. The third-order valence-corrected chi connectivity index (χ3v) is 12.8. The molecule has 19 nitrogen and oxygen atoms in total. The molecule has 1 aliphatic heterocycles. The molecule has 2 unspecified atom stereocenters. The lowest BCUT2D eigenvalue weighted by molar-refractivity contribution is -0.149. The second kappa shape index (κ2) is 27.7. The van der Waals surface area contributed by atoms with Crippen molar-refractivity contribution in [2.75, 3.05) is 39.1 Å². The lowest BCUT2D eigenvalue weighted by Gasteiger charge is -2.38. The van der Waals surface area contributed by atoms with Crippen molar-refractivity contribution in [2.24, 2.45) is 17.8 Å². The number of ether oxygens (including phenoxy) is 2. The largest absolute Gasteiger partial charge is 0.506 e. The molecule has 1 aromatic carbocycles. The van der Waals surface area contributed by atoms with Gasteiger partial charge in [-0.2, -0.15) is 0 Å². The maximum Gasteiger partial charge on any atom is 0.382 e. The number of benzene rings is 1. The van der Waals surface area contributed by atoms with E-state index in [2.05, 4.69) is 26.3 Å². The quantitative estimate of drug-likeness (QED) is 0.0373. The van der Waals surface area contributed by atoms with Crippen LogP contribution in [0, 0.1) is 29.6 Å². The Morgan fingerprint density at radius 3 is 2.37 bits per heavy atom. The summed E-state index contributed by atoms with van der Waals surface area (Å²) in [6, 6.07) is 2.28. The number of amides is 5. The topological polar surface area (TPSA) is 263 Å². The van der Waals surface area contributed by atoms with E-state index < -0.39 is 65.8 Å². The van der Waals surface area contributed by atoms with Crippen LogP contribution in [0.15, 0.2) is 23.6 Å². The number of hydrogen-bond acceptors (Lipinski definition) is 14. The van der Waals surface area contributed by atoms with Gasteiger partial charge in [0, 0.05) is 62.7 Å². The number of likely N-dealkylation sites (N-methyl/N-ethyl adjacent to an activating group) is 2. The summed E-state index contributed by atoms with van der Waals surface area (Å²) < 4.78 is 11.0. The Morgan fingerprint density at radius 2 is 1.74 bits per heavy atom. The van der Waals surface area contributed by atoms with Crippen LogP contribution in [0.2, 0.25) is 0 Å². The standard InChI is InChI=1S/C48H69N7O12S/c1-10-29(5)43(53-45(63)36-15-12-13-22-54(36)8)47(64)55(9)37(28(3)4)26-39(67-31(7)56)46-52-35(27-68-46)44(62)50-33(23-30(6)48(65)66-11-2)24-32-17-18-38(57)34(25-32)51-41(59)16-14-21-49-40(58)19-20-42(60)61/h17-18,25,27-30,33,36-37,39,43,57H,10-16,21-24,26H2,1-9H3,(H,49,58)(H,50,62)(H,51,59)(H,53,63)(H,60,61)/t29-,30?,33+,36?,37+,39+,43-/m0/s1. The van der Waals surface area contributed by atoms with Gasteiger partial charge in [0.25, 0.3) is 11.8 Å². The number of hydrogen-bond donors (Lipinski definition) is 6. The molecular weight excluding hydrogens is 899 g/mol. The van der Waals surface area contributed by atoms with Gasteiger partial charge in [0.15, 0.2) is 6.10 Å². The van der Waals surface area contributed by atoms with Crippen molar-refractivity contribution in [1.29, 1.82) is 0 Å². The number of rotatable bonds is 24. The maximum atomic E-state index is 14.3. The summed E-state index contributed by atoms with van der Waals surface area (Å²) in [5.41, 5.74) is 0.706. The molecule has 0 radical (unpaired) electrons. The summed E-state index contributed by atoms with van der Waals surface area (Å²) in [5.74, 6) is -2.33. The first-order chi connectivity index (χ1) is 32.1. The van der Waals surface area contributed by atoms with E-state index in [1.807, 2.05) is 45.6 Å². The number of aromatic hydroxyl groups is 1. The number of piperidine rings is 1. The highest BCUT2D eigenvalue weighted by Gasteiger charge is 2.37. The predicted octanol–water partition coefficient (Wildman–Crippen LogP) is 4.19. The van der Waals surface area contributed by atoms with Gasteiger partial charge in [0.05, 0.1) is 24.3 Å². The van der Waals surface area contributed by atoms with Gasteiger partial charge < -0.3 is 45.9 Å². The van der Waals surface area contributed by atoms with Crippen molar-refractivity contribution in [3.8, 4) is 17.6 Å². The number of carboxylic acid groups (broad SMARTS) is 1. The Balaban J connectivity index is 1.81. The fraction of sp³-hybridized carbons (Fsp3) is 0.604. The fourth-order valence-corrected chi connectivity index (χ4v) is 8.77. The Morgan fingerprint density at radius 1 is 1.01 bits per heavy atom. The Labute approximate surface area is 402 Å². The second-order valence-electron chi connectivity index (χ2n) is 17.6. The third kappa shape index (κ3) is 17.9. The van der Waals surface area contributed by atoms with Crippen molar-refractivity contribution < 1.29 is 58.0 Å². The molecule has 1 fully saturated rings. The van der Waals surface area contributed by atoms with Crippen LogP contribution in [0.3, 0.4) is 0 Å². The monoisotopic (exact) mass is 967 g/mol. The van der Waals surface area contributed by atoms with Gasteiger partial charge in [-0.1, -0.05) is 53.5 Å². The average molecular weight is 968 g/mol. The number of thiazole rings is 1. The fourth-order valence-electron chi connectivity index (χ4n) is 7.93. The molecule has 20 heteroatoms. The van der Waals surface area contributed by atoms with Gasteiger partial charge in [-0.3, -0.25) is 38.5 Å². The number of anilines is 1. The molecule has 1 aliphatic rings. The summed E-state index contributed by atoms with van der Waals surface area (Å²) in [7, 11) is 3.60. The van der Waals surface area contributed by atoms with Gasteiger partial charge in [-0.25, -0.2) is 9.78 Å². The Hall–Kier alpha value is -6.07. The minimum Gasteiger partial charge on any atom is -0.506 e. The summed E-state index contributed by atoms with van der Waals surface area (Å²) >= 11 is 1.11. The maximum absolute atomic E-state index is 14.3. The second-order valence-corrected chi connectivity index (χ2v) is 18.5. The molecule has 1 saturated heterocycles. The number of nitrogens with one attached hydrogen (secondary N) is 4. The average Bonchev–Trinajstić information content (AvgIpc) is 3.79. The molecule has 5 amide bonds. The minimum atomic E-state index is -1.45. The molecule has 374 valence electrons. The Kier molecular flexibility index (Phi) is 22.9. The van der Waals surface area contributed by atoms with E-state index in [9.17, 15) is 43.5 Å². The number of carbonyl (C=O) groups excluding carboxylic acids is 7. The van der Waals surface area contributed by atoms with E-state index in [1.165, 1.54) is 24.4 Å². The number of aliphatic carboxylic acids is 1. The lowest BCUT2D eigenvalue weighted by Crippen LogP contribution is -2.58. The third-order valence-electron chi connectivity index (χ3n) is 11.9. The number of phenolic OH excluding ortho intramolecular Hbond substituents is 1. The smallest absolute Gasteiger partial charge is 0.382 e. The van der Waals surface area contributed by atoms with Gasteiger partial charge in [0.1, 0.15) is 22.5 Å². The minimum absolute atomic E-state index is 0.0254. The molecule has 2 heterocycles. The Bertz CT molecular complexity index is 2150. The van der Waals surface area contributed by atoms with Gasteiger partial charge >= 0.3 is 17.9 Å². The van der Waals surface area contributed by atoms with Crippen LogP contribution < -0.4 is 21.3 Å². The van der Waals surface area contributed by atoms with Crippen molar-refractivity contribution >= 4 is 64.5 Å². The van der Waals surface area contributed by atoms with Crippen LogP contribution in [0.5, 0.6) is 5.75 Å². The first-order valence-corrected chi connectivity index (χ1v) is 24.0. The van der Waals surface area contributed by atoms with Crippen LogP contribution in [-0.2, 0) is 49.5 Å². The van der Waals surface area contributed by atoms with Crippen molar-refractivity contribution in [3.63, 3.8) is 0 Å². The van der Waals surface area contributed by atoms with E-state index in [4.69, 9.17) is 14.6 Å². The number of likely N-dealkylation sites (tertiary alicyclic amines) is 1. The predicted molar refractivity (Wildman–Crippen MR) is 254 cm³/mol. The molecule has 0 aliphatic carbocycles. The van der Waals surface area contributed by atoms with E-state index in [-0.39, 0.29) is 92.1 Å². The summed E-state index contributed by atoms with van der Waals surface area (Å²) in [6.07, 6.45) is 2.97. The molecule has 68 heavy (non-hydrogen) atoms. The van der Waals surface area contributed by atoms with Gasteiger partial charge in [-0.15, -0.1) is 11.3 Å². The highest BCUT2D eigenvalue weighted by atomic mass is 32.1. The van der Waals surface area contributed by atoms with Gasteiger partial charge in [-0.05, 0) is 82.2 Å². The van der Waals surface area contributed by atoms with Gasteiger partial charge in [0.2, 0.25) is 17.7 Å². The number of carbonyl (C=O) groups is 8. The SMILES string of the molecule is CCOC(=O)C(C)C[C@H](Cc1ccc(O)c(NC(=O)CCCNC(=O)C#CC(=O)O)c1)NC(=O)c1csc([C@@H](C[C@H](C(C)C)N(C)C(=O)[C@@H](NC(=O)C2CCCCN2C)[C@@H](C)CC)OC(C)=O)n1. The number of carboxylic acids is 1. The lowest BCUT2D eigenvalue weighted by atomic mass is 9.92. The molecule has 2 aromatic rings. The highest BCUT2D eigenvalue weighted by Crippen LogP contribution is 2.32. The van der Waals surface area contributed by atoms with Crippen LogP contribution in [0.1, 0.15) is 127 Å². The van der Waals surface area contributed by atoms with Crippen molar-refractivity contribution in [2.45, 2.75) is 137 Å². The van der Waals surface area contributed by atoms with Crippen LogP contribution in [-0.4, -0.2) is 130 Å². The zero-order valence-electron chi connectivity index (χ0n) is 40.6. The van der Waals surface area contributed by atoms with Crippen molar-refractivity contribution in [3.05, 3.63) is 39.8 Å². The molecule has 1 aromatic heterocycles. The summed E-state index contributed by atoms with van der Waals surface area (Å²) in [6.45, 7) is 13.4. The van der Waals surface area contributed by atoms with Crippen LogP contribution >= 0.6 is 11.3 Å². The first kappa shape index (κ1) is 56.3. The van der Waals surface area contributed by atoms with E-state index in [1.54, 1.807) is 37.8 Å². The van der Waals surface area contributed by atoms with Crippen molar-refractivity contribution in [1.82, 2.24) is 30.7 Å². The molecule has 0 spiro atoms. The summed E-state index contributed by atoms with van der Waals surface area (Å²) in [5, 5.41) is 32.1. The molecule has 7 atom stereocenters. The molecule has 0 saturated carbocycles. The zero-order chi connectivity index (χ0) is 50.7. The van der Waals surface area contributed by atoms with Crippen LogP contribution in [0.4, 0.5) is 5.69 Å². The zero-order valence-corrected chi connectivity index (χ0v) is 41.5. The molecule has 0 bridgehead atoms. The number of phenols is 1. The normalized spacial score (nSPS) is 16.3. The highest BCUT2D eigenvalue weighted by molar-refractivity contribution is 7.09. The van der Waals surface area contributed by atoms with E-state index >= 15 is 0 Å². The molecule has 6 N–H and O–H groups in total. The number of esters is 2.